The molecule has 1 N–H and O–H groups in total. The minimum absolute atomic E-state index is 0.219. The lowest BCUT2D eigenvalue weighted by Crippen LogP contribution is -1.84. The van der Waals surface area contributed by atoms with Crippen molar-refractivity contribution in [2.45, 2.75) is 6.92 Å². The van der Waals surface area contributed by atoms with Gasteiger partial charge in [0.25, 0.3) is 0 Å². The standard InChI is InChI=1S/C15H13NO2S/c1-9-3-6-14-12(7-9)16-15(19-14)11-8-10(18-2)4-5-13(11)17/h3-8,17H,1-2H3. The molecule has 0 saturated heterocycles. The number of methoxy groups -OCH3 is 1. The largest absolute Gasteiger partial charge is 0.507 e. The maximum atomic E-state index is 9.97. The van der Waals surface area contributed by atoms with Crippen LogP contribution >= 0.6 is 11.3 Å². The van der Waals surface area contributed by atoms with Gasteiger partial charge in [0, 0.05) is 0 Å². The van der Waals surface area contributed by atoms with E-state index in [0.29, 0.717) is 11.3 Å². The number of phenolic OH excluding ortho intramolecular Hbond substituents is 1. The Labute approximate surface area is 115 Å². The summed E-state index contributed by atoms with van der Waals surface area (Å²) >= 11 is 1.57. The number of aromatic hydroxyl groups is 1. The average Bonchev–Trinajstić information content (AvgIpc) is 2.82. The number of nitrogens with zero attached hydrogens (tertiary/aromatic N) is 1. The minimum atomic E-state index is 0.219. The normalized spacial score (nSPS) is 10.8. The Bertz CT molecular complexity index is 749. The number of hydrogen-bond acceptors (Lipinski definition) is 4. The third-order valence-electron chi connectivity index (χ3n) is 2.98. The lowest BCUT2D eigenvalue weighted by Gasteiger charge is -2.04. The summed E-state index contributed by atoms with van der Waals surface area (Å²) in [4.78, 5) is 4.58. The molecule has 3 nitrogen and oxygen atoms in total. The molecule has 96 valence electrons. The second-order valence-corrected chi connectivity index (χ2v) is 5.40. The summed E-state index contributed by atoms with van der Waals surface area (Å²) in [6.07, 6.45) is 0. The van der Waals surface area contributed by atoms with Crippen molar-refractivity contribution in [3.63, 3.8) is 0 Å². The van der Waals surface area contributed by atoms with Gasteiger partial charge in [-0.3, -0.25) is 0 Å². The third-order valence-corrected chi connectivity index (χ3v) is 4.05. The van der Waals surface area contributed by atoms with E-state index in [1.165, 1.54) is 5.56 Å². The lowest BCUT2D eigenvalue weighted by atomic mass is 10.2. The molecular weight excluding hydrogens is 258 g/mol. The van der Waals surface area contributed by atoms with E-state index in [1.54, 1.807) is 36.6 Å². The van der Waals surface area contributed by atoms with Gasteiger partial charge in [0.05, 0.1) is 22.9 Å². The Hall–Kier alpha value is -2.07. The van der Waals surface area contributed by atoms with Gasteiger partial charge >= 0.3 is 0 Å². The molecule has 0 saturated carbocycles. The number of aryl methyl sites for hydroxylation is 1. The molecular formula is C15H13NO2S. The van der Waals surface area contributed by atoms with E-state index in [0.717, 1.165) is 15.2 Å². The molecule has 4 heteroatoms. The van der Waals surface area contributed by atoms with Gasteiger partial charge in [0.1, 0.15) is 16.5 Å². The maximum Gasteiger partial charge on any atom is 0.128 e. The summed E-state index contributed by atoms with van der Waals surface area (Å²) in [6, 6.07) is 11.3. The lowest BCUT2D eigenvalue weighted by molar-refractivity contribution is 0.412. The molecule has 0 amide bonds. The summed E-state index contributed by atoms with van der Waals surface area (Å²) < 4.78 is 6.30. The van der Waals surface area contributed by atoms with Crippen LogP contribution in [0.5, 0.6) is 11.5 Å². The van der Waals surface area contributed by atoms with Crippen molar-refractivity contribution >= 4 is 21.6 Å². The van der Waals surface area contributed by atoms with Crippen molar-refractivity contribution in [1.29, 1.82) is 0 Å². The monoisotopic (exact) mass is 271 g/mol. The van der Waals surface area contributed by atoms with Gasteiger partial charge in [-0.2, -0.15) is 0 Å². The Morgan fingerprint density at radius 1 is 1.16 bits per heavy atom. The van der Waals surface area contributed by atoms with Gasteiger partial charge in [-0.05, 0) is 42.8 Å². The quantitative estimate of drug-likeness (QED) is 0.766. The van der Waals surface area contributed by atoms with Crippen LogP contribution < -0.4 is 4.74 Å². The zero-order valence-electron chi connectivity index (χ0n) is 10.7. The molecule has 0 atom stereocenters. The molecule has 0 aliphatic heterocycles. The summed E-state index contributed by atoms with van der Waals surface area (Å²) in [5.41, 5.74) is 2.85. The van der Waals surface area contributed by atoms with Gasteiger partial charge in [-0.1, -0.05) is 6.07 Å². The fourth-order valence-electron chi connectivity index (χ4n) is 1.97. The molecule has 3 aromatic rings. The van der Waals surface area contributed by atoms with E-state index < -0.39 is 0 Å². The van der Waals surface area contributed by atoms with E-state index >= 15 is 0 Å². The van der Waals surface area contributed by atoms with Gasteiger partial charge in [-0.15, -0.1) is 11.3 Å². The van der Waals surface area contributed by atoms with Gasteiger partial charge in [0.15, 0.2) is 0 Å². The van der Waals surface area contributed by atoms with E-state index in [1.807, 2.05) is 13.0 Å². The predicted molar refractivity (Wildman–Crippen MR) is 78.0 cm³/mol. The molecule has 0 spiro atoms. The van der Waals surface area contributed by atoms with Crippen LogP contribution in [0, 0.1) is 6.92 Å². The molecule has 2 aromatic carbocycles. The van der Waals surface area contributed by atoms with Crippen molar-refractivity contribution in [3.8, 4) is 22.1 Å². The number of aromatic nitrogens is 1. The van der Waals surface area contributed by atoms with Crippen molar-refractivity contribution in [2.24, 2.45) is 0 Å². The minimum Gasteiger partial charge on any atom is -0.507 e. The molecule has 0 aliphatic rings. The fraction of sp³-hybridized carbons (Fsp3) is 0.133. The van der Waals surface area contributed by atoms with Crippen LogP contribution in [-0.2, 0) is 0 Å². The molecule has 0 fully saturated rings. The number of ether oxygens (including phenoxy) is 1. The van der Waals surface area contributed by atoms with Gasteiger partial charge in [0.2, 0.25) is 0 Å². The smallest absolute Gasteiger partial charge is 0.128 e. The number of hydrogen-bond donors (Lipinski definition) is 1. The van der Waals surface area contributed by atoms with Gasteiger partial charge in [-0.25, -0.2) is 4.98 Å². The number of thiazole rings is 1. The van der Waals surface area contributed by atoms with Crippen molar-refractivity contribution in [1.82, 2.24) is 4.98 Å². The molecule has 1 aromatic heterocycles. The number of fused-ring (bicyclic) bond motifs is 1. The topological polar surface area (TPSA) is 42.4 Å². The van der Waals surface area contributed by atoms with Crippen molar-refractivity contribution in [3.05, 3.63) is 42.0 Å². The summed E-state index contributed by atoms with van der Waals surface area (Å²) in [6.45, 7) is 2.04. The van der Waals surface area contributed by atoms with Crippen LogP contribution in [0.2, 0.25) is 0 Å². The van der Waals surface area contributed by atoms with Crippen LogP contribution in [0.15, 0.2) is 36.4 Å². The molecule has 0 bridgehead atoms. The fourth-order valence-corrected chi connectivity index (χ4v) is 2.94. The third kappa shape index (κ3) is 2.15. The molecule has 19 heavy (non-hydrogen) atoms. The second kappa shape index (κ2) is 4.55. The molecule has 1 heterocycles. The summed E-state index contributed by atoms with van der Waals surface area (Å²) in [7, 11) is 1.61. The SMILES string of the molecule is COc1ccc(O)c(-c2nc3cc(C)ccc3s2)c1. The van der Waals surface area contributed by atoms with Crippen molar-refractivity contribution in [2.75, 3.05) is 7.11 Å². The average molecular weight is 271 g/mol. The molecule has 3 rings (SSSR count). The van der Waals surface area contributed by atoms with Crippen LogP contribution in [0.4, 0.5) is 0 Å². The number of benzene rings is 2. The first-order valence-corrected chi connectivity index (χ1v) is 6.73. The van der Waals surface area contributed by atoms with Gasteiger partial charge < -0.3 is 9.84 Å². The van der Waals surface area contributed by atoms with Crippen LogP contribution in [-0.4, -0.2) is 17.2 Å². The molecule has 0 unspecified atom stereocenters. The first kappa shape index (κ1) is 12.0. The maximum absolute atomic E-state index is 9.97. The molecule has 0 aliphatic carbocycles. The first-order valence-electron chi connectivity index (χ1n) is 5.92. The Balaban J connectivity index is 2.18. The Morgan fingerprint density at radius 2 is 2.00 bits per heavy atom. The second-order valence-electron chi connectivity index (χ2n) is 4.37. The van der Waals surface area contributed by atoms with Crippen molar-refractivity contribution < 1.29 is 9.84 Å². The predicted octanol–water partition coefficient (Wildman–Crippen LogP) is 3.99. The zero-order valence-corrected chi connectivity index (χ0v) is 11.5. The zero-order chi connectivity index (χ0) is 13.4. The highest BCUT2D eigenvalue weighted by molar-refractivity contribution is 7.21. The van der Waals surface area contributed by atoms with Crippen LogP contribution in [0.1, 0.15) is 5.56 Å². The van der Waals surface area contributed by atoms with E-state index in [2.05, 4.69) is 17.1 Å². The summed E-state index contributed by atoms with van der Waals surface area (Å²) in [5.74, 6) is 0.930. The highest BCUT2D eigenvalue weighted by Crippen LogP contribution is 2.37. The Kier molecular flexibility index (Phi) is 2.87. The van der Waals surface area contributed by atoms with E-state index in [4.69, 9.17) is 4.74 Å². The van der Waals surface area contributed by atoms with Crippen LogP contribution in [0.25, 0.3) is 20.8 Å². The molecule has 0 radical (unpaired) electrons. The number of phenols is 1. The first-order chi connectivity index (χ1) is 9.17. The highest BCUT2D eigenvalue weighted by atomic mass is 32.1. The van der Waals surface area contributed by atoms with E-state index in [-0.39, 0.29) is 5.75 Å². The van der Waals surface area contributed by atoms with Crippen LogP contribution in [0.3, 0.4) is 0 Å². The highest BCUT2D eigenvalue weighted by Gasteiger charge is 2.11. The Morgan fingerprint density at radius 3 is 2.79 bits per heavy atom. The summed E-state index contributed by atoms with van der Waals surface area (Å²) in [5, 5.41) is 10.8. The van der Waals surface area contributed by atoms with E-state index in [9.17, 15) is 5.11 Å². The number of rotatable bonds is 2.